The predicted octanol–water partition coefficient (Wildman–Crippen LogP) is 3.33. The van der Waals surface area contributed by atoms with Crippen molar-refractivity contribution >= 4 is 23.8 Å². The van der Waals surface area contributed by atoms with Gasteiger partial charge in [0.05, 0.1) is 13.7 Å². The van der Waals surface area contributed by atoms with E-state index in [4.69, 9.17) is 21.7 Å². The summed E-state index contributed by atoms with van der Waals surface area (Å²) in [7, 11) is 1.56. The standard InChI is InChI=1S/C20H23N5O3S/c1-13-4-7-16(8-5-13)22-19(26)12-28-17-9-6-15(10-18(17)27-3)11-21-25-14(2)23-24-20(25)29/h4-10,21H,11-12H2,1-3H3,(H,22,26)(H,24,29). The van der Waals surface area contributed by atoms with Crippen molar-refractivity contribution in [2.24, 2.45) is 0 Å². The van der Waals surface area contributed by atoms with Gasteiger partial charge in [-0.05, 0) is 55.9 Å². The number of hydrogen-bond donors (Lipinski definition) is 3. The van der Waals surface area contributed by atoms with E-state index >= 15 is 0 Å². The number of nitrogens with zero attached hydrogens (tertiary/aromatic N) is 2. The molecule has 0 atom stereocenters. The summed E-state index contributed by atoms with van der Waals surface area (Å²) in [5.74, 6) is 1.53. The lowest BCUT2D eigenvalue weighted by Gasteiger charge is -2.13. The van der Waals surface area contributed by atoms with E-state index in [1.807, 2.05) is 50.2 Å². The van der Waals surface area contributed by atoms with Crippen molar-refractivity contribution in [2.45, 2.75) is 20.4 Å². The maximum atomic E-state index is 12.1. The number of anilines is 1. The van der Waals surface area contributed by atoms with Gasteiger partial charge >= 0.3 is 0 Å². The fourth-order valence-corrected chi connectivity index (χ4v) is 2.89. The number of benzene rings is 2. The number of aromatic nitrogens is 3. The summed E-state index contributed by atoms with van der Waals surface area (Å²) in [6.07, 6.45) is 0. The molecule has 3 rings (SSSR count). The molecule has 2 aromatic carbocycles. The highest BCUT2D eigenvalue weighted by atomic mass is 32.1. The molecule has 3 aromatic rings. The second-order valence-corrected chi connectivity index (χ2v) is 6.82. The van der Waals surface area contributed by atoms with Crippen LogP contribution in [0.3, 0.4) is 0 Å². The Hall–Kier alpha value is -3.33. The van der Waals surface area contributed by atoms with E-state index in [2.05, 4.69) is 20.9 Å². The smallest absolute Gasteiger partial charge is 0.262 e. The van der Waals surface area contributed by atoms with Crippen LogP contribution in [0, 0.1) is 18.6 Å². The fraction of sp³-hybridized carbons (Fsp3) is 0.250. The first-order valence-electron chi connectivity index (χ1n) is 9.00. The monoisotopic (exact) mass is 413 g/mol. The summed E-state index contributed by atoms with van der Waals surface area (Å²) >= 11 is 5.17. The molecule has 1 amide bonds. The lowest BCUT2D eigenvalue weighted by molar-refractivity contribution is -0.118. The van der Waals surface area contributed by atoms with E-state index in [0.29, 0.717) is 22.8 Å². The van der Waals surface area contributed by atoms with E-state index in [0.717, 1.165) is 22.6 Å². The number of methoxy groups -OCH3 is 1. The number of ether oxygens (including phenoxy) is 2. The molecular formula is C20H23N5O3S. The minimum absolute atomic E-state index is 0.120. The van der Waals surface area contributed by atoms with Gasteiger partial charge in [0.1, 0.15) is 5.82 Å². The molecule has 0 bridgehead atoms. The van der Waals surface area contributed by atoms with Crippen LogP contribution in [-0.2, 0) is 11.3 Å². The topological polar surface area (TPSA) is 93.2 Å². The molecule has 0 spiro atoms. The van der Waals surface area contributed by atoms with Crippen molar-refractivity contribution in [2.75, 3.05) is 24.5 Å². The molecule has 3 N–H and O–H groups in total. The number of aryl methyl sites for hydroxylation is 2. The second kappa shape index (κ2) is 9.24. The average Bonchev–Trinajstić information content (AvgIpc) is 3.04. The van der Waals surface area contributed by atoms with Gasteiger partial charge in [-0.25, -0.2) is 4.68 Å². The van der Waals surface area contributed by atoms with Gasteiger partial charge in [0.2, 0.25) is 4.77 Å². The highest BCUT2D eigenvalue weighted by Gasteiger charge is 2.10. The molecule has 0 saturated heterocycles. The van der Waals surface area contributed by atoms with Crippen LogP contribution in [0.2, 0.25) is 0 Å². The first kappa shape index (κ1) is 20.4. The number of carbonyl (C=O) groups excluding carboxylic acids is 1. The summed E-state index contributed by atoms with van der Waals surface area (Å²) in [5.41, 5.74) is 6.00. The summed E-state index contributed by atoms with van der Waals surface area (Å²) in [6.45, 7) is 4.23. The number of aromatic amines is 1. The highest BCUT2D eigenvalue weighted by Crippen LogP contribution is 2.28. The maximum absolute atomic E-state index is 12.1. The Morgan fingerprint density at radius 3 is 2.59 bits per heavy atom. The Balaban J connectivity index is 1.59. The van der Waals surface area contributed by atoms with Crippen LogP contribution in [0.15, 0.2) is 42.5 Å². The van der Waals surface area contributed by atoms with Crippen LogP contribution in [0.1, 0.15) is 17.0 Å². The van der Waals surface area contributed by atoms with Gasteiger partial charge in [-0.15, -0.1) is 0 Å². The van der Waals surface area contributed by atoms with Crippen molar-refractivity contribution < 1.29 is 14.3 Å². The molecular weight excluding hydrogens is 390 g/mol. The van der Waals surface area contributed by atoms with E-state index in [9.17, 15) is 4.79 Å². The lowest BCUT2D eigenvalue weighted by Crippen LogP contribution is -2.20. The molecule has 0 radical (unpaired) electrons. The van der Waals surface area contributed by atoms with Crippen molar-refractivity contribution in [3.63, 3.8) is 0 Å². The molecule has 0 aliphatic heterocycles. The molecule has 1 heterocycles. The van der Waals surface area contributed by atoms with Gasteiger partial charge in [-0.2, -0.15) is 5.10 Å². The van der Waals surface area contributed by atoms with E-state index in [1.165, 1.54) is 0 Å². The van der Waals surface area contributed by atoms with Crippen molar-refractivity contribution in [1.82, 2.24) is 14.9 Å². The third-order valence-electron chi connectivity index (χ3n) is 4.20. The number of rotatable bonds is 8. The van der Waals surface area contributed by atoms with Gasteiger partial charge in [-0.3, -0.25) is 9.89 Å². The first-order chi connectivity index (χ1) is 14.0. The molecule has 8 nitrogen and oxygen atoms in total. The number of nitrogens with one attached hydrogen (secondary N) is 3. The molecule has 152 valence electrons. The number of amides is 1. The molecule has 0 aliphatic carbocycles. The zero-order valence-corrected chi connectivity index (χ0v) is 17.3. The first-order valence-corrected chi connectivity index (χ1v) is 9.41. The van der Waals surface area contributed by atoms with E-state index in [-0.39, 0.29) is 12.5 Å². The predicted molar refractivity (Wildman–Crippen MR) is 114 cm³/mol. The van der Waals surface area contributed by atoms with E-state index in [1.54, 1.807) is 17.9 Å². The summed E-state index contributed by atoms with van der Waals surface area (Å²) in [4.78, 5) is 12.1. The summed E-state index contributed by atoms with van der Waals surface area (Å²) in [5, 5.41) is 9.57. The van der Waals surface area contributed by atoms with Crippen molar-refractivity contribution in [1.29, 1.82) is 0 Å². The van der Waals surface area contributed by atoms with Crippen LogP contribution in [0.4, 0.5) is 5.69 Å². The normalized spacial score (nSPS) is 10.4. The number of hydrogen-bond acceptors (Lipinski definition) is 6. The third kappa shape index (κ3) is 5.35. The van der Waals surface area contributed by atoms with Gasteiger partial charge in [-0.1, -0.05) is 23.8 Å². The second-order valence-electron chi connectivity index (χ2n) is 6.43. The van der Waals surface area contributed by atoms with Crippen LogP contribution < -0.4 is 20.2 Å². The zero-order valence-electron chi connectivity index (χ0n) is 16.5. The van der Waals surface area contributed by atoms with Crippen LogP contribution in [-0.4, -0.2) is 34.5 Å². The largest absolute Gasteiger partial charge is 0.493 e. The quantitative estimate of drug-likeness (QED) is 0.491. The minimum atomic E-state index is -0.244. The van der Waals surface area contributed by atoms with Gasteiger partial charge in [0, 0.05) is 5.69 Å². The fourth-order valence-electron chi connectivity index (χ4n) is 2.65. The van der Waals surface area contributed by atoms with E-state index < -0.39 is 0 Å². The molecule has 0 fully saturated rings. The third-order valence-corrected chi connectivity index (χ3v) is 4.48. The summed E-state index contributed by atoms with van der Waals surface area (Å²) in [6, 6.07) is 13.1. The molecule has 0 unspecified atom stereocenters. The molecule has 9 heteroatoms. The number of carbonyl (C=O) groups is 1. The molecule has 29 heavy (non-hydrogen) atoms. The lowest BCUT2D eigenvalue weighted by atomic mass is 10.2. The average molecular weight is 414 g/mol. The number of H-pyrrole nitrogens is 1. The van der Waals surface area contributed by atoms with Gasteiger partial charge in [0.15, 0.2) is 18.1 Å². The molecule has 0 aliphatic rings. The molecule has 0 saturated carbocycles. The Morgan fingerprint density at radius 2 is 1.93 bits per heavy atom. The minimum Gasteiger partial charge on any atom is -0.493 e. The Morgan fingerprint density at radius 1 is 1.17 bits per heavy atom. The van der Waals surface area contributed by atoms with Crippen molar-refractivity contribution in [3.8, 4) is 11.5 Å². The van der Waals surface area contributed by atoms with Crippen molar-refractivity contribution in [3.05, 3.63) is 64.2 Å². The van der Waals surface area contributed by atoms with Crippen LogP contribution in [0.25, 0.3) is 0 Å². The van der Waals surface area contributed by atoms with Crippen LogP contribution in [0.5, 0.6) is 11.5 Å². The van der Waals surface area contributed by atoms with Gasteiger partial charge in [0.25, 0.3) is 5.91 Å². The van der Waals surface area contributed by atoms with Gasteiger partial charge < -0.3 is 20.2 Å². The molecule has 1 aromatic heterocycles. The maximum Gasteiger partial charge on any atom is 0.262 e. The SMILES string of the molecule is COc1cc(CNn2c(C)n[nH]c2=S)ccc1OCC(=O)Nc1ccc(C)cc1. The zero-order chi connectivity index (χ0) is 20.8. The Kier molecular flexibility index (Phi) is 6.50. The summed E-state index contributed by atoms with van der Waals surface area (Å²) < 4.78 is 13.2. The Bertz CT molecular complexity index is 1040. The highest BCUT2D eigenvalue weighted by molar-refractivity contribution is 7.71. The van der Waals surface area contributed by atoms with Crippen LogP contribution >= 0.6 is 12.2 Å². The Labute approximate surface area is 173 Å².